The Hall–Kier alpha value is -2.91. The lowest BCUT2D eigenvalue weighted by Gasteiger charge is -2.38. The van der Waals surface area contributed by atoms with Crippen molar-refractivity contribution in [3.05, 3.63) is 71.8 Å². The molecular weight excluding hydrogens is 438 g/mol. The molecule has 8 heteroatoms. The van der Waals surface area contributed by atoms with Crippen LogP contribution in [-0.2, 0) is 10.2 Å². The molecular formula is C25H29N3O4S. The van der Waals surface area contributed by atoms with Gasteiger partial charge in [-0.15, -0.1) is 10.8 Å². The van der Waals surface area contributed by atoms with E-state index in [9.17, 15) is 13.9 Å². The monoisotopic (exact) mass is 467 g/mol. The van der Waals surface area contributed by atoms with Gasteiger partial charge in [0.25, 0.3) is 0 Å². The number of aromatic nitrogens is 1. The van der Waals surface area contributed by atoms with E-state index in [1.54, 1.807) is 45.5 Å². The molecule has 0 radical (unpaired) electrons. The van der Waals surface area contributed by atoms with Crippen LogP contribution >= 0.6 is 10.8 Å². The van der Waals surface area contributed by atoms with Crippen molar-refractivity contribution in [1.82, 2.24) is 9.29 Å². The Morgan fingerprint density at radius 1 is 1.09 bits per heavy atom. The fourth-order valence-corrected chi connectivity index (χ4v) is 4.80. The lowest BCUT2D eigenvalue weighted by molar-refractivity contribution is -0.118. The second-order valence-electron chi connectivity index (χ2n) is 8.49. The first-order valence-electron chi connectivity index (χ1n) is 10.7. The van der Waals surface area contributed by atoms with Gasteiger partial charge < -0.3 is 10.1 Å². The van der Waals surface area contributed by atoms with Crippen molar-refractivity contribution in [2.24, 2.45) is 0 Å². The highest BCUT2D eigenvalue weighted by Gasteiger charge is 2.51. The topological polar surface area (TPSA) is 94.9 Å². The normalized spacial score (nSPS) is 15.2. The third-order valence-corrected chi connectivity index (χ3v) is 8.00. The summed E-state index contributed by atoms with van der Waals surface area (Å²) in [6.07, 6.45) is 1.57. The molecule has 1 fully saturated rings. The number of hydrogen-bond donors (Lipinski definition) is 3. The third kappa shape index (κ3) is 4.47. The smallest absolute Gasteiger partial charge is 0.236 e. The number of carbonyl (C=O) groups excluding carboxylic acids is 1. The molecule has 3 aromatic rings. The average Bonchev–Trinajstić information content (AvgIpc) is 3.62. The number of nitrogens with zero attached hydrogens (tertiary/aromatic N) is 2. The van der Waals surface area contributed by atoms with Crippen molar-refractivity contribution in [3.8, 4) is 17.0 Å². The van der Waals surface area contributed by atoms with E-state index in [4.69, 9.17) is 9.72 Å². The Kier molecular flexibility index (Phi) is 6.20. The number of anilines is 1. The van der Waals surface area contributed by atoms with Crippen LogP contribution in [0.4, 0.5) is 5.82 Å². The number of methoxy groups -OCH3 is 1. The Balaban J connectivity index is 1.60. The van der Waals surface area contributed by atoms with Gasteiger partial charge in [0.15, 0.2) is 0 Å². The number of pyridine rings is 1. The first-order chi connectivity index (χ1) is 15.7. The molecule has 3 N–H and O–H groups in total. The van der Waals surface area contributed by atoms with E-state index in [0.29, 0.717) is 16.4 Å². The number of amides is 1. The molecule has 33 heavy (non-hydrogen) atoms. The minimum Gasteiger partial charge on any atom is -0.497 e. The number of rotatable bonds is 7. The minimum absolute atomic E-state index is 0.0782. The van der Waals surface area contributed by atoms with Gasteiger partial charge in [-0.1, -0.05) is 30.3 Å². The number of aryl methyl sites for hydroxylation is 1. The van der Waals surface area contributed by atoms with Gasteiger partial charge in [-0.25, -0.2) is 9.29 Å². The standard InChI is InChI=1S/C25H29N3O4S/c1-17-8-13-22(26-23(17)18-6-5-7-21(16-18)33(30,31)28(2)3)27-24(29)25(14-15-25)19-9-11-20(32-4)12-10-19/h5-13,16,30-31H,14-15H2,1-4H3,(H,26,27,29). The molecule has 1 amide bonds. The van der Waals surface area contributed by atoms with E-state index in [2.05, 4.69) is 5.32 Å². The SMILES string of the molecule is COc1ccc(C2(C(=O)Nc3ccc(C)c(-c4cccc(S(O)(O)N(C)C)c4)n3)CC2)cc1. The van der Waals surface area contributed by atoms with E-state index >= 15 is 0 Å². The summed E-state index contributed by atoms with van der Waals surface area (Å²) in [6, 6.07) is 18.4. The molecule has 0 spiro atoms. The van der Waals surface area contributed by atoms with E-state index < -0.39 is 16.2 Å². The van der Waals surface area contributed by atoms with Gasteiger partial charge in [0.05, 0.1) is 23.1 Å². The van der Waals surface area contributed by atoms with Gasteiger partial charge in [0.1, 0.15) is 11.6 Å². The zero-order valence-electron chi connectivity index (χ0n) is 19.2. The van der Waals surface area contributed by atoms with Gasteiger partial charge in [-0.2, -0.15) is 0 Å². The van der Waals surface area contributed by atoms with Crippen LogP contribution in [0, 0.1) is 6.92 Å². The van der Waals surface area contributed by atoms with Crippen molar-refractivity contribution in [1.29, 1.82) is 0 Å². The summed E-state index contributed by atoms with van der Waals surface area (Å²) in [6.45, 7) is 1.93. The van der Waals surface area contributed by atoms with E-state index in [0.717, 1.165) is 35.3 Å². The Morgan fingerprint density at radius 2 is 1.79 bits per heavy atom. The molecule has 7 nitrogen and oxygen atoms in total. The van der Waals surface area contributed by atoms with Gasteiger partial charge in [-0.05, 0) is 61.2 Å². The molecule has 4 rings (SSSR count). The highest BCUT2D eigenvalue weighted by atomic mass is 32.3. The average molecular weight is 468 g/mol. The maximum Gasteiger partial charge on any atom is 0.236 e. The molecule has 1 aliphatic rings. The fraction of sp³-hybridized carbons (Fsp3) is 0.280. The van der Waals surface area contributed by atoms with Crippen LogP contribution in [0.3, 0.4) is 0 Å². The second-order valence-corrected chi connectivity index (χ2v) is 10.7. The first-order valence-corrected chi connectivity index (χ1v) is 12.2. The van der Waals surface area contributed by atoms with Crippen molar-refractivity contribution in [3.63, 3.8) is 0 Å². The van der Waals surface area contributed by atoms with E-state index in [1.165, 1.54) is 4.31 Å². The van der Waals surface area contributed by atoms with E-state index in [1.807, 2.05) is 43.3 Å². The molecule has 0 atom stereocenters. The predicted molar refractivity (Wildman–Crippen MR) is 132 cm³/mol. The van der Waals surface area contributed by atoms with Gasteiger partial charge in [-0.3, -0.25) is 13.9 Å². The maximum absolute atomic E-state index is 13.2. The molecule has 2 aromatic carbocycles. The van der Waals surface area contributed by atoms with Crippen LogP contribution in [0.25, 0.3) is 11.3 Å². The molecule has 0 saturated heterocycles. The maximum atomic E-state index is 13.2. The lowest BCUT2D eigenvalue weighted by Crippen LogP contribution is -2.28. The zero-order chi connectivity index (χ0) is 23.8. The molecule has 0 bridgehead atoms. The van der Waals surface area contributed by atoms with Crippen molar-refractivity contribution >= 4 is 22.5 Å². The molecule has 1 aliphatic carbocycles. The van der Waals surface area contributed by atoms with Crippen LogP contribution in [0.15, 0.2) is 65.6 Å². The molecule has 1 heterocycles. The largest absolute Gasteiger partial charge is 0.497 e. The van der Waals surface area contributed by atoms with Crippen LogP contribution in [-0.4, -0.2) is 45.5 Å². The van der Waals surface area contributed by atoms with Crippen molar-refractivity contribution < 1.29 is 18.6 Å². The van der Waals surface area contributed by atoms with Crippen molar-refractivity contribution in [2.75, 3.05) is 26.5 Å². The number of nitrogens with one attached hydrogen (secondary N) is 1. The lowest BCUT2D eigenvalue weighted by atomic mass is 9.95. The summed E-state index contributed by atoms with van der Waals surface area (Å²) in [5, 5.41) is 2.99. The van der Waals surface area contributed by atoms with Crippen LogP contribution in [0.5, 0.6) is 5.75 Å². The molecule has 0 unspecified atom stereocenters. The Bertz CT molecular complexity index is 1170. The highest BCUT2D eigenvalue weighted by molar-refractivity contribution is 8.22. The van der Waals surface area contributed by atoms with Crippen LogP contribution in [0.1, 0.15) is 24.0 Å². The molecule has 0 aliphatic heterocycles. The molecule has 174 valence electrons. The van der Waals surface area contributed by atoms with Crippen LogP contribution in [0.2, 0.25) is 0 Å². The number of carbonyl (C=O) groups is 1. The quantitative estimate of drug-likeness (QED) is 0.435. The van der Waals surface area contributed by atoms with Gasteiger partial charge >= 0.3 is 0 Å². The summed E-state index contributed by atoms with van der Waals surface area (Å²) in [7, 11) is 1.80. The summed E-state index contributed by atoms with van der Waals surface area (Å²) in [4.78, 5) is 18.3. The molecule has 1 aromatic heterocycles. The number of ether oxygens (including phenoxy) is 1. The Labute approximate surface area is 195 Å². The Morgan fingerprint density at radius 3 is 2.39 bits per heavy atom. The summed E-state index contributed by atoms with van der Waals surface area (Å²) in [5.41, 5.74) is 2.77. The van der Waals surface area contributed by atoms with Crippen molar-refractivity contribution in [2.45, 2.75) is 30.1 Å². The minimum atomic E-state index is -3.07. The third-order valence-electron chi connectivity index (χ3n) is 6.10. The summed E-state index contributed by atoms with van der Waals surface area (Å²) in [5.74, 6) is 1.14. The summed E-state index contributed by atoms with van der Waals surface area (Å²) < 4.78 is 27.6. The summed E-state index contributed by atoms with van der Waals surface area (Å²) >= 11 is 0. The molecule has 1 saturated carbocycles. The predicted octanol–water partition coefficient (Wildman–Crippen LogP) is 5.32. The van der Waals surface area contributed by atoms with Crippen LogP contribution < -0.4 is 10.1 Å². The number of benzene rings is 2. The van der Waals surface area contributed by atoms with Gasteiger partial charge in [0, 0.05) is 19.7 Å². The fourth-order valence-electron chi connectivity index (χ4n) is 3.83. The first kappa shape index (κ1) is 23.3. The zero-order valence-corrected chi connectivity index (χ0v) is 20.0. The number of hydrogen-bond acceptors (Lipinski definition) is 6. The van der Waals surface area contributed by atoms with E-state index in [-0.39, 0.29) is 5.91 Å². The highest BCUT2D eigenvalue weighted by Crippen LogP contribution is 2.51. The van der Waals surface area contributed by atoms with Gasteiger partial charge in [0.2, 0.25) is 5.91 Å². The second kappa shape index (κ2) is 8.79.